The summed E-state index contributed by atoms with van der Waals surface area (Å²) in [5, 5.41) is 4.79. The summed E-state index contributed by atoms with van der Waals surface area (Å²) >= 11 is 0. The first-order valence-electron chi connectivity index (χ1n) is 10.4. The standard InChI is InChI=1S/C25H26N4O2/c1-6-31-24(30)19-20(17-10-8-7-9-11-17)28-29-22(19)26-21(23(29)27-25(3,4)5)18-14-12-16(2)13-15-18/h7-15H,6H2,1-5H3. The largest absolute Gasteiger partial charge is 0.462 e. The number of hydrogen-bond donors (Lipinski definition) is 0. The molecule has 6 heteroatoms. The zero-order valence-electron chi connectivity index (χ0n) is 18.5. The van der Waals surface area contributed by atoms with Crippen molar-refractivity contribution < 1.29 is 9.53 Å². The van der Waals surface area contributed by atoms with Crippen LogP contribution in [0.15, 0.2) is 64.6 Å². The van der Waals surface area contributed by atoms with E-state index in [-0.39, 0.29) is 12.1 Å². The Bertz CT molecular complexity index is 1180. The normalized spacial score (nSPS) is 14.5. The molecule has 0 radical (unpaired) electrons. The van der Waals surface area contributed by atoms with Crippen LogP contribution in [0.3, 0.4) is 0 Å². The molecule has 0 bridgehead atoms. The van der Waals surface area contributed by atoms with Crippen molar-refractivity contribution in [3.05, 3.63) is 71.3 Å². The second-order valence-corrected chi connectivity index (χ2v) is 8.48. The van der Waals surface area contributed by atoms with Crippen LogP contribution in [-0.4, -0.2) is 39.4 Å². The van der Waals surface area contributed by atoms with Crippen LogP contribution in [0.2, 0.25) is 0 Å². The predicted octanol–water partition coefficient (Wildman–Crippen LogP) is 5.21. The number of hydrogen-bond acceptors (Lipinski definition) is 5. The molecule has 3 aromatic rings. The summed E-state index contributed by atoms with van der Waals surface area (Å²) in [5.74, 6) is 0.640. The zero-order valence-corrected chi connectivity index (χ0v) is 18.5. The van der Waals surface area contributed by atoms with Gasteiger partial charge >= 0.3 is 5.97 Å². The molecule has 0 N–H and O–H groups in total. The molecule has 0 amide bonds. The van der Waals surface area contributed by atoms with E-state index in [0.29, 0.717) is 28.6 Å². The molecule has 0 spiro atoms. The molecular weight excluding hydrogens is 388 g/mol. The number of fused-ring (bicyclic) bond motifs is 1. The van der Waals surface area contributed by atoms with Gasteiger partial charge in [-0.1, -0.05) is 60.2 Å². The Morgan fingerprint density at radius 2 is 1.71 bits per heavy atom. The van der Waals surface area contributed by atoms with Gasteiger partial charge in [-0.15, -0.1) is 0 Å². The van der Waals surface area contributed by atoms with Crippen molar-refractivity contribution in [2.75, 3.05) is 6.61 Å². The van der Waals surface area contributed by atoms with Crippen molar-refractivity contribution in [3.63, 3.8) is 0 Å². The van der Waals surface area contributed by atoms with Gasteiger partial charge in [0.25, 0.3) is 0 Å². The summed E-state index contributed by atoms with van der Waals surface area (Å²) in [4.78, 5) is 22.7. The fraction of sp³-hybridized carbons (Fsp3) is 0.280. The molecule has 1 aromatic heterocycles. The number of ether oxygens (including phenoxy) is 1. The minimum Gasteiger partial charge on any atom is -0.462 e. The van der Waals surface area contributed by atoms with Gasteiger partial charge in [0.15, 0.2) is 11.7 Å². The Morgan fingerprint density at radius 1 is 1.03 bits per heavy atom. The lowest BCUT2D eigenvalue weighted by atomic mass is 10.1. The SMILES string of the molecule is CCOC(=O)c1c(-c2ccccc2)nn2c1N=C(c1ccc(C)cc1)C2=NC(C)(C)C. The maximum atomic E-state index is 13.0. The third kappa shape index (κ3) is 4.06. The van der Waals surface area contributed by atoms with Gasteiger partial charge in [-0.2, -0.15) is 9.78 Å². The van der Waals surface area contributed by atoms with Crippen LogP contribution in [0.25, 0.3) is 11.3 Å². The number of aromatic nitrogens is 2. The minimum absolute atomic E-state index is 0.273. The van der Waals surface area contributed by atoms with E-state index in [1.807, 2.05) is 82.3 Å². The maximum Gasteiger partial charge on any atom is 0.344 e. The Kier molecular flexibility index (Phi) is 5.31. The van der Waals surface area contributed by atoms with E-state index in [0.717, 1.165) is 16.7 Å². The monoisotopic (exact) mass is 414 g/mol. The van der Waals surface area contributed by atoms with Gasteiger partial charge in [0, 0.05) is 11.1 Å². The highest BCUT2D eigenvalue weighted by Gasteiger charge is 2.35. The molecule has 0 aliphatic carbocycles. The number of nitrogens with zero attached hydrogens (tertiary/aromatic N) is 4. The highest BCUT2D eigenvalue weighted by atomic mass is 16.5. The summed E-state index contributed by atoms with van der Waals surface area (Å²) in [6, 6.07) is 17.7. The molecular formula is C25H26N4O2. The van der Waals surface area contributed by atoms with Crippen molar-refractivity contribution in [1.29, 1.82) is 0 Å². The van der Waals surface area contributed by atoms with E-state index in [2.05, 4.69) is 0 Å². The molecule has 0 fully saturated rings. The van der Waals surface area contributed by atoms with E-state index in [9.17, 15) is 4.79 Å². The van der Waals surface area contributed by atoms with Crippen LogP contribution < -0.4 is 0 Å². The van der Waals surface area contributed by atoms with Gasteiger partial charge in [0.05, 0.1) is 12.1 Å². The number of aliphatic imine (C=N–C) groups is 2. The summed E-state index contributed by atoms with van der Waals surface area (Å²) in [6.45, 7) is 10.2. The van der Waals surface area contributed by atoms with E-state index in [4.69, 9.17) is 19.8 Å². The lowest BCUT2D eigenvalue weighted by Gasteiger charge is -2.15. The Balaban J connectivity index is 1.98. The van der Waals surface area contributed by atoms with Crippen molar-refractivity contribution in [1.82, 2.24) is 9.78 Å². The van der Waals surface area contributed by atoms with Crippen molar-refractivity contribution >= 4 is 23.3 Å². The molecule has 1 aliphatic rings. The fourth-order valence-corrected chi connectivity index (χ4v) is 3.43. The van der Waals surface area contributed by atoms with Crippen LogP contribution in [0.5, 0.6) is 0 Å². The van der Waals surface area contributed by atoms with Crippen molar-refractivity contribution in [2.45, 2.75) is 40.2 Å². The topological polar surface area (TPSA) is 68.8 Å². The van der Waals surface area contributed by atoms with Crippen LogP contribution >= 0.6 is 0 Å². The lowest BCUT2D eigenvalue weighted by Crippen LogP contribution is -2.25. The van der Waals surface area contributed by atoms with Gasteiger partial charge in [-0.25, -0.2) is 9.79 Å². The Morgan fingerprint density at radius 3 is 2.32 bits per heavy atom. The molecule has 0 atom stereocenters. The first-order chi connectivity index (χ1) is 14.8. The minimum atomic E-state index is -0.438. The fourth-order valence-electron chi connectivity index (χ4n) is 3.43. The molecule has 0 unspecified atom stereocenters. The second-order valence-electron chi connectivity index (χ2n) is 8.48. The number of carbonyl (C=O) groups excluding carboxylic acids is 1. The first-order valence-corrected chi connectivity index (χ1v) is 10.4. The molecule has 6 nitrogen and oxygen atoms in total. The average Bonchev–Trinajstić information content (AvgIpc) is 3.25. The zero-order chi connectivity index (χ0) is 22.2. The molecule has 2 heterocycles. The molecule has 4 rings (SSSR count). The van der Waals surface area contributed by atoms with Crippen LogP contribution in [0, 0.1) is 6.92 Å². The van der Waals surface area contributed by atoms with Gasteiger partial charge in [-0.3, -0.25) is 4.99 Å². The summed E-state index contributed by atoms with van der Waals surface area (Å²) in [5.41, 5.74) is 4.16. The number of esters is 1. The highest BCUT2D eigenvalue weighted by Crippen LogP contribution is 2.36. The average molecular weight is 415 g/mol. The number of carbonyl (C=O) groups is 1. The Labute approximate surface area is 182 Å². The summed E-state index contributed by atoms with van der Waals surface area (Å²) < 4.78 is 7.04. The predicted molar refractivity (Wildman–Crippen MR) is 124 cm³/mol. The van der Waals surface area contributed by atoms with Crippen LogP contribution in [-0.2, 0) is 4.74 Å². The second kappa shape index (κ2) is 7.95. The van der Waals surface area contributed by atoms with Crippen LogP contribution in [0.4, 0.5) is 5.82 Å². The smallest absolute Gasteiger partial charge is 0.344 e. The molecule has 1 aliphatic heterocycles. The summed E-state index contributed by atoms with van der Waals surface area (Å²) in [7, 11) is 0. The molecule has 0 saturated heterocycles. The van der Waals surface area contributed by atoms with Gasteiger partial charge in [-0.05, 0) is 34.6 Å². The van der Waals surface area contributed by atoms with Gasteiger partial charge < -0.3 is 4.74 Å². The number of aryl methyl sites for hydroxylation is 1. The van der Waals surface area contributed by atoms with Crippen LogP contribution in [0.1, 0.15) is 49.2 Å². The third-order valence-corrected chi connectivity index (χ3v) is 4.78. The van der Waals surface area contributed by atoms with E-state index in [1.165, 1.54) is 0 Å². The quantitative estimate of drug-likeness (QED) is 0.550. The Hall–Kier alpha value is -3.54. The number of benzene rings is 2. The number of rotatable bonds is 4. The summed E-state index contributed by atoms with van der Waals surface area (Å²) in [6.07, 6.45) is 0. The van der Waals surface area contributed by atoms with E-state index in [1.54, 1.807) is 11.6 Å². The molecule has 158 valence electrons. The first kappa shape index (κ1) is 20.7. The molecule has 31 heavy (non-hydrogen) atoms. The van der Waals surface area contributed by atoms with E-state index >= 15 is 0 Å². The maximum absolute atomic E-state index is 13.0. The highest BCUT2D eigenvalue weighted by molar-refractivity contribution is 6.50. The molecule has 2 aromatic carbocycles. The van der Waals surface area contributed by atoms with Crippen molar-refractivity contribution in [3.8, 4) is 11.3 Å². The van der Waals surface area contributed by atoms with Crippen molar-refractivity contribution in [2.24, 2.45) is 9.98 Å². The third-order valence-electron chi connectivity index (χ3n) is 4.78. The lowest BCUT2D eigenvalue weighted by molar-refractivity contribution is 0.0528. The van der Waals surface area contributed by atoms with E-state index < -0.39 is 5.97 Å². The molecule has 0 saturated carbocycles. The van der Waals surface area contributed by atoms with Gasteiger partial charge in [0.2, 0.25) is 0 Å². The van der Waals surface area contributed by atoms with Gasteiger partial charge in [0.1, 0.15) is 17.0 Å².